The zero-order valence-corrected chi connectivity index (χ0v) is 13.3. The van der Waals surface area contributed by atoms with Crippen molar-refractivity contribution in [1.82, 2.24) is 4.98 Å². The fourth-order valence-electron chi connectivity index (χ4n) is 2.05. The first kappa shape index (κ1) is 14.0. The van der Waals surface area contributed by atoms with Gasteiger partial charge in [0.1, 0.15) is 10.7 Å². The molecular weight excluding hydrogens is 348 g/mol. The quantitative estimate of drug-likeness (QED) is 0.703. The first-order valence-corrected chi connectivity index (χ1v) is 7.47. The first-order valence-electron chi connectivity index (χ1n) is 6.27. The van der Waals surface area contributed by atoms with E-state index >= 15 is 0 Å². The van der Waals surface area contributed by atoms with E-state index in [-0.39, 0.29) is 0 Å². The Bertz CT molecular complexity index is 835. The summed E-state index contributed by atoms with van der Waals surface area (Å²) in [6.07, 6.45) is 0. The number of para-hydroxylation sites is 2. The predicted molar refractivity (Wildman–Crippen MR) is 91.8 cm³/mol. The molecule has 0 spiro atoms. The molecule has 21 heavy (non-hydrogen) atoms. The van der Waals surface area contributed by atoms with E-state index in [1.807, 2.05) is 48.5 Å². The fraction of sp³-hybridized carbons (Fsp3) is 0. The van der Waals surface area contributed by atoms with Gasteiger partial charge in [0.05, 0.1) is 9.99 Å². The summed E-state index contributed by atoms with van der Waals surface area (Å²) in [7, 11) is 0. The summed E-state index contributed by atoms with van der Waals surface area (Å²) in [5.41, 5.74) is 7.37. The molecule has 0 fully saturated rings. The van der Waals surface area contributed by atoms with Crippen molar-refractivity contribution < 1.29 is 4.74 Å². The minimum Gasteiger partial charge on any atom is -0.438 e. The Balaban J connectivity index is 2.11. The number of aromatic nitrogens is 1. The third kappa shape index (κ3) is 2.89. The lowest BCUT2D eigenvalue weighted by Crippen LogP contribution is -2.10. The van der Waals surface area contributed by atoms with Gasteiger partial charge in [0.2, 0.25) is 5.88 Å². The van der Waals surface area contributed by atoms with Gasteiger partial charge in [0.25, 0.3) is 0 Å². The number of hydrogen-bond donors (Lipinski definition) is 1. The molecule has 0 amide bonds. The summed E-state index contributed by atoms with van der Waals surface area (Å²) in [5, 5.41) is 0.921. The van der Waals surface area contributed by atoms with Crippen LogP contribution < -0.4 is 10.5 Å². The molecule has 0 aliphatic carbocycles. The van der Waals surface area contributed by atoms with Gasteiger partial charge in [-0.15, -0.1) is 0 Å². The smallest absolute Gasteiger partial charge is 0.220 e. The molecule has 0 aliphatic heterocycles. The van der Waals surface area contributed by atoms with E-state index in [9.17, 15) is 0 Å². The summed E-state index contributed by atoms with van der Waals surface area (Å²) in [6, 6.07) is 17.1. The molecule has 3 nitrogen and oxygen atoms in total. The molecule has 0 radical (unpaired) electrons. The van der Waals surface area contributed by atoms with Gasteiger partial charge < -0.3 is 10.5 Å². The van der Waals surface area contributed by atoms with Gasteiger partial charge in [0.15, 0.2) is 0 Å². The number of ether oxygens (including phenoxy) is 1. The van der Waals surface area contributed by atoms with E-state index in [2.05, 4.69) is 20.9 Å². The van der Waals surface area contributed by atoms with Crippen molar-refractivity contribution in [2.75, 3.05) is 0 Å². The van der Waals surface area contributed by atoms with Crippen LogP contribution in [0.5, 0.6) is 11.6 Å². The van der Waals surface area contributed by atoms with Crippen LogP contribution in [0, 0.1) is 0 Å². The van der Waals surface area contributed by atoms with Gasteiger partial charge in [-0.3, -0.25) is 0 Å². The largest absolute Gasteiger partial charge is 0.438 e. The standard InChI is InChI=1S/C16H11BrN2OS/c17-12-6-2-4-8-14(12)20-15-9-11(16(18)21)10-5-1-3-7-13(10)19-15/h1-9H,(H2,18,21). The molecule has 5 heteroatoms. The van der Waals surface area contributed by atoms with Crippen LogP contribution in [0.2, 0.25) is 0 Å². The normalized spacial score (nSPS) is 10.5. The first-order chi connectivity index (χ1) is 10.1. The highest BCUT2D eigenvalue weighted by molar-refractivity contribution is 9.10. The molecule has 2 N–H and O–H groups in total. The van der Waals surface area contributed by atoms with Crippen LogP contribution >= 0.6 is 28.1 Å². The summed E-state index contributed by atoms with van der Waals surface area (Å²) in [5.74, 6) is 1.15. The van der Waals surface area contributed by atoms with Crippen LogP contribution in [-0.2, 0) is 0 Å². The highest BCUT2D eigenvalue weighted by atomic mass is 79.9. The van der Waals surface area contributed by atoms with E-state index < -0.39 is 0 Å². The van der Waals surface area contributed by atoms with Crippen LogP contribution in [0.3, 0.4) is 0 Å². The lowest BCUT2D eigenvalue weighted by molar-refractivity contribution is 0.462. The molecule has 1 aromatic heterocycles. The number of fused-ring (bicyclic) bond motifs is 1. The van der Waals surface area contributed by atoms with Crippen molar-refractivity contribution in [2.24, 2.45) is 5.73 Å². The average molecular weight is 359 g/mol. The number of halogens is 1. The summed E-state index contributed by atoms with van der Waals surface area (Å²) in [6.45, 7) is 0. The molecule has 0 bridgehead atoms. The Morgan fingerprint density at radius 1 is 1.10 bits per heavy atom. The molecule has 0 atom stereocenters. The van der Waals surface area contributed by atoms with E-state index in [1.165, 1.54) is 0 Å². The molecule has 3 rings (SSSR count). The highest BCUT2D eigenvalue weighted by Gasteiger charge is 2.10. The highest BCUT2D eigenvalue weighted by Crippen LogP contribution is 2.30. The zero-order valence-electron chi connectivity index (χ0n) is 10.9. The number of rotatable bonds is 3. The number of nitrogens with zero attached hydrogens (tertiary/aromatic N) is 1. The van der Waals surface area contributed by atoms with Crippen molar-refractivity contribution in [1.29, 1.82) is 0 Å². The third-order valence-corrected chi connectivity index (χ3v) is 3.88. The summed E-state index contributed by atoms with van der Waals surface area (Å²) < 4.78 is 6.69. The van der Waals surface area contributed by atoms with Gasteiger partial charge in [-0.05, 0) is 34.1 Å². The van der Waals surface area contributed by atoms with Crippen molar-refractivity contribution in [3.8, 4) is 11.6 Å². The third-order valence-electron chi connectivity index (χ3n) is 3.01. The second-order valence-corrected chi connectivity index (χ2v) is 5.72. The molecular formula is C16H11BrN2OS. The molecule has 104 valence electrons. The number of nitrogens with two attached hydrogens (primary N) is 1. The Morgan fingerprint density at radius 3 is 2.57 bits per heavy atom. The lowest BCUT2D eigenvalue weighted by atomic mass is 10.1. The van der Waals surface area contributed by atoms with Crippen LogP contribution in [-0.4, -0.2) is 9.97 Å². The van der Waals surface area contributed by atoms with Crippen molar-refractivity contribution >= 4 is 44.0 Å². The minimum atomic E-state index is 0.325. The number of hydrogen-bond acceptors (Lipinski definition) is 3. The Morgan fingerprint density at radius 2 is 1.81 bits per heavy atom. The predicted octanol–water partition coefficient (Wildman–Crippen LogP) is 4.42. The molecule has 0 saturated heterocycles. The second-order valence-electron chi connectivity index (χ2n) is 4.42. The van der Waals surface area contributed by atoms with Gasteiger partial charge in [-0.25, -0.2) is 4.98 Å². The molecule has 3 aromatic rings. The average Bonchev–Trinajstić information content (AvgIpc) is 2.48. The van der Waals surface area contributed by atoms with Crippen molar-refractivity contribution in [3.63, 3.8) is 0 Å². The number of pyridine rings is 1. The lowest BCUT2D eigenvalue weighted by Gasteiger charge is -2.10. The van der Waals surface area contributed by atoms with E-state index in [0.717, 1.165) is 20.9 Å². The fourth-order valence-corrected chi connectivity index (χ4v) is 2.58. The molecule has 0 unspecified atom stereocenters. The molecule has 1 heterocycles. The van der Waals surface area contributed by atoms with Crippen LogP contribution in [0.15, 0.2) is 59.1 Å². The minimum absolute atomic E-state index is 0.325. The monoisotopic (exact) mass is 358 g/mol. The summed E-state index contributed by atoms with van der Waals surface area (Å²) in [4.78, 5) is 4.82. The molecule has 0 aliphatic rings. The van der Waals surface area contributed by atoms with Gasteiger partial charge in [0, 0.05) is 17.0 Å². The maximum absolute atomic E-state index is 5.83. The SMILES string of the molecule is NC(=S)c1cc(Oc2ccccc2Br)nc2ccccc12. The second kappa shape index (κ2) is 5.79. The Labute approximate surface area is 135 Å². The van der Waals surface area contributed by atoms with Gasteiger partial charge >= 0.3 is 0 Å². The Hall–Kier alpha value is -1.98. The number of benzene rings is 2. The molecule has 0 saturated carbocycles. The maximum Gasteiger partial charge on any atom is 0.220 e. The van der Waals surface area contributed by atoms with Crippen molar-refractivity contribution in [3.05, 3.63) is 64.6 Å². The molecule has 2 aromatic carbocycles. The maximum atomic E-state index is 5.83. The number of thiocarbonyl (C=S) groups is 1. The Kier molecular flexibility index (Phi) is 3.86. The summed E-state index contributed by atoms with van der Waals surface area (Å²) >= 11 is 8.57. The topological polar surface area (TPSA) is 48.1 Å². The van der Waals surface area contributed by atoms with Crippen LogP contribution in [0.25, 0.3) is 10.9 Å². The van der Waals surface area contributed by atoms with E-state index in [1.54, 1.807) is 6.07 Å². The zero-order chi connectivity index (χ0) is 14.8. The van der Waals surface area contributed by atoms with Gasteiger partial charge in [-0.2, -0.15) is 0 Å². The van der Waals surface area contributed by atoms with Crippen LogP contribution in [0.4, 0.5) is 0 Å². The van der Waals surface area contributed by atoms with Gasteiger partial charge in [-0.1, -0.05) is 42.5 Å². The van der Waals surface area contributed by atoms with E-state index in [4.69, 9.17) is 22.7 Å². The van der Waals surface area contributed by atoms with Crippen LogP contribution in [0.1, 0.15) is 5.56 Å². The van der Waals surface area contributed by atoms with Crippen molar-refractivity contribution in [2.45, 2.75) is 0 Å². The van der Waals surface area contributed by atoms with E-state index in [0.29, 0.717) is 16.6 Å².